The van der Waals surface area contributed by atoms with Gasteiger partial charge in [0.15, 0.2) is 5.84 Å². The standard InChI is InChI=1S/C23H21BrN6/c1-2-22(27-26-19-14-12-18(24)13-15-19)28-29-23-25-20-10-6-7-11-21(20)30(23)16-17-8-4-3-5-9-17/h3-15,26H,2,16H2,1H3. The highest BCUT2D eigenvalue weighted by Gasteiger charge is 2.10. The number of hydrazone groups is 1. The average molecular weight is 461 g/mol. The summed E-state index contributed by atoms with van der Waals surface area (Å²) in [6.45, 7) is 2.67. The zero-order valence-corrected chi connectivity index (χ0v) is 18.1. The number of fused-ring (bicyclic) bond motifs is 1. The number of para-hydroxylation sites is 2. The van der Waals surface area contributed by atoms with Gasteiger partial charge in [0.1, 0.15) is 0 Å². The largest absolute Gasteiger partial charge is 0.303 e. The maximum absolute atomic E-state index is 4.67. The van der Waals surface area contributed by atoms with Crippen LogP contribution in [0.25, 0.3) is 11.0 Å². The predicted octanol–water partition coefficient (Wildman–Crippen LogP) is 6.77. The van der Waals surface area contributed by atoms with Gasteiger partial charge in [0.25, 0.3) is 5.95 Å². The van der Waals surface area contributed by atoms with Crippen LogP contribution >= 0.6 is 15.9 Å². The van der Waals surface area contributed by atoms with Crippen LogP contribution < -0.4 is 5.43 Å². The van der Waals surface area contributed by atoms with Crippen molar-refractivity contribution < 1.29 is 0 Å². The summed E-state index contributed by atoms with van der Waals surface area (Å²) in [6.07, 6.45) is 0.645. The van der Waals surface area contributed by atoms with Crippen LogP contribution in [0.3, 0.4) is 0 Å². The maximum atomic E-state index is 4.67. The molecule has 4 aromatic rings. The molecule has 0 amide bonds. The minimum Gasteiger partial charge on any atom is -0.303 e. The topological polar surface area (TPSA) is 66.9 Å². The maximum Gasteiger partial charge on any atom is 0.250 e. The highest BCUT2D eigenvalue weighted by Crippen LogP contribution is 2.23. The Bertz CT molecular complexity index is 1180. The van der Waals surface area contributed by atoms with E-state index in [1.165, 1.54) is 5.56 Å². The van der Waals surface area contributed by atoms with Gasteiger partial charge in [-0.05, 0) is 42.0 Å². The molecule has 0 fully saturated rings. The molecule has 0 bridgehead atoms. The van der Waals surface area contributed by atoms with Gasteiger partial charge in [-0.3, -0.25) is 5.43 Å². The van der Waals surface area contributed by atoms with E-state index in [0.717, 1.165) is 21.2 Å². The number of rotatable bonds is 6. The Morgan fingerprint density at radius 2 is 1.70 bits per heavy atom. The monoisotopic (exact) mass is 460 g/mol. The second-order valence-electron chi connectivity index (χ2n) is 6.67. The molecule has 0 atom stereocenters. The highest BCUT2D eigenvalue weighted by molar-refractivity contribution is 9.10. The van der Waals surface area contributed by atoms with Gasteiger partial charge in [0, 0.05) is 10.9 Å². The zero-order valence-electron chi connectivity index (χ0n) is 16.5. The summed E-state index contributed by atoms with van der Waals surface area (Å²) in [5.74, 6) is 1.15. The van der Waals surface area contributed by atoms with Crippen molar-refractivity contribution >= 4 is 44.4 Å². The van der Waals surface area contributed by atoms with Crippen LogP contribution in [0, 0.1) is 0 Å². The molecule has 30 heavy (non-hydrogen) atoms. The highest BCUT2D eigenvalue weighted by atomic mass is 79.9. The fraction of sp³-hybridized carbons (Fsp3) is 0.130. The minimum atomic E-state index is 0.560. The lowest BCUT2D eigenvalue weighted by atomic mass is 10.2. The molecule has 3 aromatic carbocycles. The van der Waals surface area contributed by atoms with Crippen molar-refractivity contribution in [3.8, 4) is 0 Å². The Morgan fingerprint density at radius 1 is 0.967 bits per heavy atom. The summed E-state index contributed by atoms with van der Waals surface area (Å²) < 4.78 is 3.09. The van der Waals surface area contributed by atoms with Gasteiger partial charge in [-0.25, -0.2) is 4.98 Å². The Balaban J connectivity index is 1.61. The summed E-state index contributed by atoms with van der Waals surface area (Å²) >= 11 is 3.43. The number of nitrogens with one attached hydrogen (secondary N) is 1. The molecular weight excluding hydrogens is 440 g/mol. The number of benzene rings is 3. The number of hydrogen-bond donors (Lipinski definition) is 1. The molecule has 4 rings (SSSR count). The molecule has 0 saturated carbocycles. The van der Waals surface area contributed by atoms with Crippen LogP contribution in [0.15, 0.2) is 98.7 Å². The van der Waals surface area contributed by atoms with E-state index in [1.807, 2.05) is 73.7 Å². The molecule has 150 valence electrons. The van der Waals surface area contributed by atoms with Crippen LogP contribution in [0.4, 0.5) is 11.6 Å². The second kappa shape index (κ2) is 9.45. The molecule has 1 heterocycles. The van der Waals surface area contributed by atoms with Crippen LogP contribution in [-0.2, 0) is 6.54 Å². The molecular formula is C23H21BrN6. The van der Waals surface area contributed by atoms with Gasteiger partial charge in [-0.2, -0.15) is 5.10 Å². The fourth-order valence-corrected chi connectivity index (χ4v) is 3.25. The fourth-order valence-electron chi connectivity index (χ4n) is 2.99. The van der Waals surface area contributed by atoms with Crippen molar-refractivity contribution in [2.75, 3.05) is 5.43 Å². The van der Waals surface area contributed by atoms with E-state index in [2.05, 4.69) is 58.4 Å². The molecule has 0 saturated heterocycles. The number of hydrogen-bond acceptors (Lipinski definition) is 4. The second-order valence-corrected chi connectivity index (χ2v) is 7.59. The number of halogens is 1. The summed E-state index contributed by atoms with van der Waals surface area (Å²) in [5.41, 5.74) is 7.01. The molecule has 0 aliphatic carbocycles. The number of anilines is 1. The van der Waals surface area contributed by atoms with Gasteiger partial charge in [-0.15, -0.1) is 10.2 Å². The summed E-state index contributed by atoms with van der Waals surface area (Å²) in [5, 5.41) is 13.2. The molecule has 0 spiro atoms. The first-order valence-electron chi connectivity index (χ1n) is 9.72. The van der Waals surface area contributed by atoms with Gasteiger partial charge >= 0.3 is 0 Å². The van der Waals surface area contributed by atoms with E-state index >= 15 is 0 Å². The third-order valence-electron chi connectivity index (χ3n) is 4.55. The van der Waals surface area contributed by atoms with Crippen molar-refractivity contribution in [3.05, 3.63) is 88.9 Å². The van der Waals surface area contributed by atoms with E-state index in [4.69, 9.17) is 0 Å². The van der Waals surface area contributed by atoms with Crippen LogP contribution in [-0.4, -0.2) is 15.4 Å². The SMILES string of the molecule is CCC(N=Nc1nc2ccccc2n1Cc1ccccc1)=NNc1ccc(Br)cc1. The average Bonchev–Trinajstić information content (AvgIpc) is 3.13. The van der Waals surface area contributed by atoms with E-state index in [0.29, 0.717) is 24.7 Å². The molecule has 7 heteroatoms. The molecule has 0 radical (unpaired) electrons. The number of imidazole rings is 1. The minimum absolute atomic E-state index is 0.560. The van der Waals surface area contributed by atoms with Gasteiger partial charge in [0.05, 0.1) is 23.3 Å². The third kappa shape index (κ3) is 4.80. The quantitative estimate of drug-likeness (QED) is 0.149. The lowest BCUT2D eigenvalue weighted by Gasteiger charge is -2.06. The normalized spacial score (nSPS) is 12.0. The number of aromatic nitrogens is 2. The first-order chi connectivity index (χ1) is 14.7. The molecule has 1 aromatic heterocycles. The van der Waals surface area contributed by atoms with Crippen molar-refractivity contribution in [2.24, 2.45) is 15.3 Å². The van der Waals surface area contributed by atoms with Gasteiger partial charge < -0.3 is 4.57 Å². The third-order valence-corrected chi connectivity index (χ3v) is 5.08. The predicted molar refractivity (Wildman–Crippen MR) is 125 cm³/mol. The summed E-state index contributed by atoms with van der Waals surface area (Å²) in [6, 6.07) is 26.1. The molecule has 6 nitrogen and oxygen atoms in total. The smallest absolute Gasteiger partial charge is 0.250 e. The Morgan fingerprint density at radius 3 is 2.47 bits per heavy atom. The Labute approximate surface area is 183 Å². The summed E-state index contributed by atoms with van der Waals surface area (Å²) in [4.78, 5) is 4.67. The van der Waals surface area contributed by atoms with E-state index in [-0.39, 0.29) is 0 Å². The lowest BCUT2D eigenvalue weighted by Crippen LogP contribution is -2.00. The zero-order chi connectivity index (χ0) is 20.8. The van der Waals surface area contributed by atoms with Gasteiger partial charge in [-0.1, -0.05) is 65.3 Å². The lowest BCUT2D eigenvalue weighted by molar-refractivity contribution is 0.817. The molecule has 1 N–H and O–H groups in total. The first-order valence-corrected chi connectivity index (χ1v) is 10.5. The van der Waals surface area contributed by atoms with Crippen LogP contribution in [0.5, 0.6) is 0 Å². The van der Waals surface area contributed by atoms with Crippen molar-refractivity contribution in [1.82, 2.24) is 9.55 Å². The number of nitrogens with zero attached hydrogens (tertiary/aromatic N) is 5. The Kier molecular flexibility index (Phi) is 6.29. The summed E-state index contributed by atoms with van der Waals surface area (Å²) in [7, 11) is 0. The number of azo groups is 1. The van der Waals surface area contributed by atoms with Crippen molar-refractivity contribution in [1.29, 1.82) is 0 Å². The van der Waals surface area contributed by atoms with E-state index in [1.54, 1.807) is 0 Å². The first kappa shape index (κ1) is 20.0. The van der Waals surface area contributed by atoms with Gasteiger partial charge in [0.2, 0.25) is 0 Å². The van der Waals surface area contributed by atoms with E-state index in [9.17, 15) is 0 Å². The molecule has 0 aliphatic rings. The van der Waals surface area contributed by atoms with Crippen molar-refractivity contribution in [3.63, 3.8) is 0 Å². The van der Waals surface area contributed by atoms with Crippen LogP contribution in [0.1, 0.15) is 18.9 Å². The number of amidine groups is 1. The molecule has 0 aliphatic heterocycles. The Hall–Kier alpha value is -3.32. The van der Waals surface area contributed by atoms with Crippen LogP contribution in [0.2, 0.25) is 0 Å². The molecule has 0 unspecified atom stereocenters. The van der Waals surface area contributed by atoms with Crippen molar-refractivity contribution in [2.45, 2.75) is 19.9 Å². The van der Waals surface area contributed by atoms with E-state index < -0.39 is 0 Å².